The number of carbonyl (C=O) groups is 2. The fourth-order valence-corrected chi connectivity index (χ4v) is 2.94. The smallest absolute Gasteiger partial charge is 0.307 e. The van der Waals surface area contributed by atoms with Crippen LogP contribution in [0.25, 0.3) is 0 Å². The number of carboxylic acid groups (broad SMARTS) is 1. The van der Waals surface area contributed by atoms with Crippen LogP contribution in [-0.4, -0.2) is 22.1 Å². The molecule has 1 saturated carbocycles. The lowest BCUT2D eigenvalue weighted by atomic mass is 9.74. The fraction of sp³-hybridized carbons (Fsp3) is 0.500. The Morgan fingerprint density at radius 2 is 1.95 bits per heavy atom. The zero-order chi connectivity index (χ0) is 15.6. The Balaban J connectivity index is 2.13. The minimum Gasteiger partial charge on any atom is -0.506 e. The number of aromatic hydroxyl groups is 1. The van der Waals surface area contributed by atoms with Gasteiger partial charge >= 0.3 is 5.97 Å². The van der Waals surface area contributed by atoms with Crippen LogP contribution in [0.2, 0.25) is 0 Å². The molecule has 1 fully saturated rings. The Hall–Kier alpha value is -2.04. The Morgan fingerprint density at radius 3 is 2.57 bits per heavy atom. The van der Waals surface area contributed by atoms with E-state index in [1.54, 1.807) is 18.2 Å². The quantitative estimate of drug-likeness (QED) is 0.747. The number of phenols is 1. The molecule has 1 amide bonds. The number of aliphatic carboxylic acids is 1. The third-order valence-corrected chi connectivity index (χ3v) is 4.18. The largest absolute Gasteiger partial charge is 0.506 e. The summed E-state index contributed by atoms with van der Waals surface area (Å²) in [5, 5.41) is 21.8. The number of hydrogen-bond donors (Lipinski definition) is 3. The average Bonchev–Trinajstić information content (AvgIpc) is 2.41. The summed E-state index contributed by atoms with van der Waals surface area (Å²) < 4.78 is 0. The molecule has 1 aromatic rings. The van der Waals surface area contributed by atoms with Crippen LogP contribution in [0.3, 0.4) is 0 Å². The van der Waals surface area contributed by atoms with E-state index in [1.165, 1.54) is 0 Å². The van der Waals surface area contributed by atoms with E-state index in [-0.39, 0.29) is 11.7 Å². The standard InChI is InChI=1S/C16H21NO4/c1-9-3-5-11(12(7-9)16(20)21)15(19)17-13-6-4-10(2)8-14(13)18/h4,6,8-9,11-12,18H,3,5,7H2,1-2H3,(H,17,19)(H,20,21). The predicted molar refractivity (Wildman–Crippen MR) is 79.1 cm³/mol. The van der Waals surface area contributed by atoms with Gasteiger partial charge < -0.3 is 15.5 Å². The van der Waals surface area contributed by atoms with Crippen molar-refractivity contribution in [2.45, 2.75) is 33.1 Å². The Labute approximate surface area is 124 Å². The Bertz CT molecular complexity index is 555. The molecule has 1 aliphatic rings. The molecule has 5 nitrogen and oxygen atoms in total. The zero-order valence-corrected chi connectivity index (χ0v) is 12.3. The van der Waals surface area contributed by atoms with Gasteiger partial charge in [-0.3, -0.25) is 9.59 Å². The van der Waals surface area contributed by atoms with Crippen molar-refractivity contribution in [3.8, 4) is 5.75 Å². The number of phenolic OH excluding ortho intramolecular Hbond substituents is 1. The van der Waals surface area contributed by atoms with E-state index in [0.717, 1.165) is 12.0 Å². The number of amides is 1. The molecular weight excluding hydrogens is 270 g/mol. The van der Waals surface area contributed by atoms with E-state index >= 15 is 0 Å². The highest BCUT2D eigenvalue weighted by Crippen LogP contribution is 2.35. The summed E-state index contributed by atoms with van der Waals surface area (Å²) in [4.78, 5) is 23.7. The number of hydrogen-bond acceptors (Lipinski definition) is 3. The maximum absolute atomic E-state index is 12.3. The van der Waals surface area contributed by atoms with Crippen LogP contribution >= 0.6 is 0 Å². The third kappa shape index (κ3) is 3.54. The van der Waals surface area contributed by atoms with Crippen molar-refractivity contribution >= 4 is 17.6 Å². The van der Waals surface area contributed by atoms with Crippen molar-refractivity contribution in [2.75, 3.05) is 5.32 Å². The second-order valence-electron chi connectivity index (χ2n) is 5.98. The normalized spacial score (nSPS) is 25.3. The van der Waals surface area contributed by atoms with Gasteiger partial charge in [0.25, 0.3) is 0 Å². The summed E-state index contributed by atoms with van der Waals surface area (Å²) in [7, 11) is 0. The lowest BCUT2D eigenvalue weighted by molar-refractivity contribution is -0.148. The van der Waals surface area contributed by atoms with Gasteiger partial charge in [0.05, 0.1) is 17.5 Å². The van der Waals surface area contributed by atoms with Crippen LogP contribution in [0, 0.1) is 24.7 Å². The van der Waals surface area contributed by atoms with Crippen molar-refractivity contribution in [1.82, 2.24) is 0 Å². The molecule has 1 aliphatic carbocycles. The first-order valence-electron chi connectivity index (χ1n) is 7.21. The van der Waals surface area contributed by atoms with Crippen molar-refractivity contribution in [3.63, 3.8) is 0 Å². The maximum atomic E-state index is 12.3. The van der Waals surface area contributed by atoms with E-state index < -0.39 is 17.8 Å². The lowest BCUT2D eigenvalue weighted by Crippen LogP contribution is -2.38. The first kappa shape index (κ1) is 15.4. The second-order valence-corrected chi connectivity index (χ2v) is 5.98. The van der Waals surface area contributed by atoms with Gasteiger partial charge in [-0.2, -0.15) is 0 Å². The summed E-state index contributed by atoms with van der Waals surface area (Å²) in [5.74, 6) is -2.12. The lowest BCUT2D eigenvalue weighted by Gasteiger charge is -2.31. The molecule has 2 rings (SSSR count). The van der Waals surface area contributed by atoms with Crippen LogP contribution in [0.1, 0.15) is 31.7 Å². The molecule has 3 unspecified atom stereocenters. The van der Waals surface area contributed by atoms with Crippen LogP contribution in [-0.2, 0) is 9.59 Å². The number of anilines is 1. The highest BCUT2D eigenvalue weighted by molar-refractivity contribution is 5.96. The van der Waals surface area contributed by atoms with Crippen LogP contribution in [0.4, 0.5) is 5.69 Å². The summed E-state index contributed by atoms with van der Waals surface area (Å²) in [6.07, 6.45) is 1.94. The summed E-state index contributed by atoms with van der Waals surface area (Å²) in [6, 6.07) is 4.98. The second kappa shape index (κ2) is 6.16. The van der Waals surface area contributed by atoms with E-state index in [1.807, 2.05) is 13.8 Å². The maximum Gasteiger partial charge on any atom is 0.307 e. The SMILES string of the molecule is Cc1ccc(NC(=O)C2CCC(C)CC2C(=O)O)c(O)c1. The molecule has 0 saturated heterocycles. The van der Waals surface area contributed by atoms with Crippen molar-refractivity contribution in [2.24, 2.45) is 17.8 Å². The Kier molecular flexibility index (Phi) is 4.50. The van der Waals surface area contributed by atoms with Crippen molar-refractivity contribution < 1.29 is 19.8 Å². The molecule has 5 heteroatoms. The number of benzene rings is 1. The number of aryl methyl sites for hydroxylation is 1. The molecule has 3 atom stereocenters. The van der Waals surface area contributed by atoms with E-state index in [4.69, 9.17) is 0 Å². The average molecular weight is 291 g/mol. The molecule has 0 radical (unpaired) electrons. The van der Waals surface area contributed by atoms with Crippen LogP contribution in [0.5, 0.6) is 5.75 Å². The summed E-state index contributed by atoms with van der Waals surface area (Å²) >= 11 is 0. The summed E-state index contributed by atoms with van der Waals surface area (Å²) in [5.41, 5.74) is 1.22. The summed E-state index contributed by atoms with van der Waals surface area (Å²) in [6.45, 7) is 3.85. The number of nitrogens with one attached hydrogen (secondary N) is 1. The van der Waals surface area contributed by atoms with Crippen molar-refractivity contribution in [3.05, 3.63) is 23.8 Å². The van der Waals surface area contributed by atoms with Gasteiger partial charge in [-0.25, -0.2) is 0 Å². The number of carboxylic acids is 1. The first-order chi connectivity index (χ1) is 9.88. The third-order valence-electron chi connectivity index (χ3n) is 4.18. The van der Waals surface area contributed by atoms with Gasteiger partial charge in [-0.15, -0.1) is 0 Å². The zero-order valence-electron chi connectivity index (χ0n) is 12.3. The number of rotatable bonds is 3. The monoisotopic (exact) mass is 291 g/mol. The topological polar surface area (TPSA) is 86.6 Å². The predicted octanol–water partition coefficient (Wildman–Crippen LogP) is 2.78. The minimum atomic E-state index is -0.921. The molecule has 0 aliphatic heterocycles. The highest BCUT2D eigenvalue weighted by Gasteiger charge is 2.38. The first-order valence-corrected chi connectivity index (χ1v) is 7.21. The van der Waals surface area contributed by atoms with E-state index in [9.17, 15) is 19.8 Å². The molecule has 114 valence electrons. The molecule has 21 heavy (non-hydrogen) atoms. The van der Waals surface area contributed by atoms with Crippen LogP contribution in [0.15, 0.2) is 18.2 Å². The van der Waals surface area contributed by atoms with Gasteiger partial charge in [0, 0.05) is 0 Å². The molecule has 3 N–H and O–H groups in total. The fourth-order valence-electron chi connectivity index (χ4n) is 2.94. The number of carbonyl (C=O) groups excluding carboxylic acids is 1. The molecule has 1 aromatic carbocycles. The van der Waals surface area contributed by atoms with Gasteiger partial charge in [0.1, 0.15) is 5.75 Å². The minimum absolute atomic E-state index is 0.000553. The van der Waals surface area contributed by atoms with E-state index in [0.29, 0.717) is 24.4 Å². The van der Waals surface area contributed by atoms with Crippen molar-refractivity contribution in [1.29, 1.82) is 0 Å². The van der Waals surface area contributed by atoms with Crippen LogP contribution < -0.4 is 5.32 Å². The van der Waals surface area contributed by atoms with Gasteiger partial charge in [-0.05, 0) is 49.8 Å². The van der Waals surface area contributed by atoms with Gasteiger partial charge in [0.2, 0.25) is 5.91 Å². The molecule has 0 aromatic heterocycles. The molecular formula is C16H21NO4. The van der Waals surface area contributed by atoms with Gasteiger partial charge in [0.15, 0.2) is 0 Å². The molecule has 0 heterocycles. The van der Waals surface area contributed by atoms with Gasteiger partial charge in [-0.1, -0.05) is 13.0 Å². The molecule has 0 spiro atoms. The Morgan fingerprint density at radius 1 is 1.24 bits per heavy atom. The van der Waals surface area contributed by atoms with E-state index in [2.05, 4.69) is 5.32 Å². The molecule has 0 bridgehead atoms. The highest BCUT2D eigenvalue weighted by atomic mass is 16.4.